The molecule has 2 nitrogen and oxygen atoms in total. The lowest BCUT2D eigenvalue weighted by Crippen LogP contribution is -2.07. The molecule has 0 N–H and O–H groups in total. The van der Waals surface area contributed by atoms with Gasteiger partial charge < -0.3 is 0 Å². The smallest absolute Gasteiger partial charge is 0.185 e. The maximum Gasteiger partial charge on any atom is 0.185 e. The third kappa shape index (κ3) is 2.78. The average Bonchev–Trinajstić information content (AvgIpc) is 2.51. The molecule has 3 aromatic rings. The zero-order chi connectivity index (χ0) is 14.8. The summed E-state index contributed by atoms with van der Waals surface area (Å²) in [7, 11) is 0. The summed E-state index contributed by atoms with van der Waals surface area (Å²) in [6, 6.07) is 15.7. The van der Waals surface area contributed by atoms with Crippen LogP contribution in [0.25, 0.3) is 10.9 Å². The highest BCUT2D eigenvalue weighted by molar-refractivity contribution is 6.30. The molecule has 4 heteroatoms. The van der Waals surface area contributed by atoms with Crippen LogP contribution in [0.4, 0.5) is 4.39 Å². The first-order chi connectivity index (χ1) is 10.1. The Morgan fingerprint density at radius 2 is 1.86 bits per heavy atom. The zero-order valence-corrected chi connectivity index (χ0v) is 11.8. The van der Waals surface area contributed by atoms with E-state index < -0.39 is 5.82 Å². The number of pyridine rings is 1. The Hall–Kier alpha value is -2.26. The fraction of sp³-hybridized carbons (Fsp3) is 0.0588. The maximum absolute atomic E-state index is 13.8. The van der Waals surface area contributed by atoms with Crippen LogP contribution in [-0.2, 0) is 6.42 Å². The molecule has 1 aromatic heterocycles. The van der Waals surface area contributed by atoms with Crippen molar-refractivity contribution >= 4 is 28.3 Å². The molecule has 0 saturated heterocycles. The van der Waals surface area contributed by atoms with Crippen LogP contribution in [0, 0.1) is 5.82 Å². The van der Waals surface area contributed by atoms with Crippen LogP contribution in [0.3, 0.4) is 0 Å². The molecule has 21 heavy (non-hydrogen) atoms. The fourth-order valence-electron chi connectivity index (χ4n) is 2.17. The highest BCUT2D eigenvalue weighted by atomic mass is 35.5. The van der Waals surface area contributed by atoms with E-state index in [1.54, 1.807) is 18.2 Å². The molecule has 0 amide bonds. The molecule has 0 bridgehead atoms. The largest absolute Gasteiger partial charge is 0.292 e. The number of halogens is 2. The van der Waals surface area contributed by atoms with E-state index in [2.05, 4.69) is 4.98 Å². The van der Waals surface area contributed by atoms with Gasteiger partial charge in [0.1, 0.15) is 11.5 Å². The summed E-state index contributed by atoms with van der Waals surface area (Å²) in [6.07, 6.45) is -0.0578. The number of Topliss-reactive ketones (excluding diaryl/α,β-unsaturated/α-hetero) is 1. The van der Waals surface area contributed by atoms with Crippen molar-refractivity contribution in [3.8, 4) is 0 Å². The van der Waals surface area contributed by atoms with Gasteiger partial charge in [-0.1, -0.05) is 48.0 Å². The number of para-hydroxylation sites is 1. The molecule has 0 unspecified atom stereocenters. The molecule has 0 aliphatic carbocycles. The molecule has 0 fully saturated rings. The van der Waals surface area contributed by atoms with E-state index in [4.69, 9.17) is 11.6 Å². The van der Waals surface area contributed by atoms with Gasteiger partial charge in [-0.25, -0.2) is 9.37 Å². The summed E-state index contributed by atoms with van der Waals surface area (Å²) in [5.41, 5.74) is 1.35. The van der Waals surface area contributed by atoms with Gasteiger partial charge in [0, 0.05) is 11.8 Å². The van der Waals surface area contributed by atoms with E-state index in [9.17, 15) is 9.18 Å². The van der Waals surface area contributed by atoms with Crippen LogP contribution in [0.15, 0.2) is 54.6 Å². The first kappa shape index (κ1) is 13.7. The number of benzene rings is 2. The van der Waals surface area contributed by atoms with Crippen LogP contribution in [0.2, 0.25) is 5.02 Å². The number of aromatic nitrogens is 1. The van der Waals surface area contributed by atoms with Crippen molar-refractivity contribution in [3.05, 3.63) is 76.7 Å². The zero-order valence-electron chi connectivity index (χ0n) is 11.0. The topological polar surface area (TPSA) is 30.0 Å². The van der Waals surface area contributed by atoms with E-state index in [1.165, 1.54) is 6.07 Å². The monoisotopic (exact) mass is 299 g/mol. The van der Waals surface area contributed by atoms with Gasteiger partial charge in [0.15, 0.2) is 5.78 Å². The van der Waals surface area contributed by atoms with Crippen LogP contribution in [-0.4, -0.2) is 10.8 Å². The second-order valence-electron chi connectivity index (χ2n) is 4.70. The Morgan fingerprint density at radius 3 is 2.71 bits per heavy atom. The summed E-state index contributed by atoms with van der Waals surface area (Å²) < 4.78 is 13.8. The Labute approximate surface area is 126 Å². The lowest BCUT2D eigenvalue weighted by molar-refractivity contribution is 0.0987. The molecule has 0 aliphatic heterocycles. The van der Waals surface area contributed by atoms with E-state index in [0.717, 1.165) is 10.9 Å². The maximum atomic E-state index is 13.8. The number of ketones is 1. The highest BCUT2D eigenvalue weighted by Crippen LogP contribution is 2.20. The molecule has 104 valence electrons. The summed E-state index contributed by atoms with van der Waals surface area (Å²) in [4.78, 5) is 16.6. The third-order valence-corrected chi connectivity index (χ3v) is 3.56. The molecular formula is C17H11ClFNO. The second-order valence-corrected chi connectivity index (χ2v) is 5.11. The summed E-state index contributed by atoms with van der Waals surface area (Å²) in [5, 5.41) is 0.981. The minimum absolute atomic E-state index is 0.0202. The molecule has 0 aliphatic rings. The third-order valence-electron chi connectivity index (χ3n) is 3.27. The molecular weight excluding hydrogens is 289 g/mol. The molecule has 3 rings (SSSR count). The molecule has 2 aromatic carbocycles. The van der Waals surface area contributed by atoms with Gasteiger partial charge in [-0.05, 0) is 23.8 Å². The van der Waals surface area contributed by atoms with Crippen molar-refractivity contribution in [1.29, 1.82) is 0 Å². The number of hydrogen-bond donors (Lipinski definition) is 0. The van der Waals surface area contributed by atoms with Crippen molar-refractivity contribution in [2.75, 3.05) is 0 Å². The summed E-state index contributed by atoms with van der Waals surface area (Å²) >= 11 is 5.72. The molecule has 0 atom stereocenters. The minimum atomic E-state index is -0.548. The van der Waals surface area contributed by atoms with E-state index in [-0.39, 0.29) is 22.8 Å². The Morgan fingerprint density at radius 1 is 1.05 bits per heavy atom. The van der Waals surface area contributed by atoms with Crippen LogP contribution < -0.4 is 0 Å². The Bertz CT molecular complexity index is 832. The number of fused-ring (bicyclic) bond motifs is 1. The normalized spacial score (nSPS) is 10.8. The number of rotatable bonds is 3. The lowest BCUT2D eigenvalue weighted by Gasteiger charge is -2.05. The van der Waals surface area contributed by atoms with E-state index >= 15 is 0 Å². The average molecular weight is 300 g/mol. The SMILES string of the molecule is O=C(Cc1cccc(Cl)c1F)c1ccc2ccccc2n1. The molecule has 1 heterocycles. The van der Waals surface area contributed by atoms with Gasteiger partial charge in [-0.3, -0.25) is 4.79 Å². The minimum Gasteiger partial charge on any atom is -0.292 e. The van der Waals surface area contributed by atoms with Gasteiger partial charge in [0.05, 0.1) is 10.5 Å². The van der Waals surface area contributed by atoms with Gasteiger partial charge >= 0.3 is 0 Å². The van der Waals surface area contributed by atoms with Crippen LogP contribution >= 0.6 is 11.6 Å². The lowest BCUT2D eigenvalue weighted by atomic mass is 10.1. The van der Waals surface area contributed by atoms with Gasteiger partial charge in [-0.2, -0.15) is 0 Å². The van der Waals surface area contributed by atoms with Crippen molar-refractivity contribution in [2.45, 2.75) is 6.42 Å². The standard InChI is InChI=1S/C17H11ClFNO/c18-13-6-3-5-12(17(13)19)10-16(21)15-9-8-11-4-1-2-7-14(11)20-15/h1-9H,10H2. The fourth-order valence-corrected chi connectivity index (χ4v) is 2.36. The summed E-state index contributed by atoms with van der Waals surface area (Å²) in [5.74, 6) is -0.782. The quantitative estimate of drug-likeness (QED) is 0.669. The van der Waals surface area contributed by atoms with Crippen molar-refractivity contribution in [1.82, 2.24) is 4.98 Å². The van der Waals surface area contributed by atoms with Crippen molar-refractivity contribution in [3.63, 3.8) is 0 Å². The number of hydrogen-bond acceptors (Lipinski definition) is 2. The van der Waals surface area contributed by atoms with Crippen LogP contribution in [0.1, 0.15) is 16.1 Å². The van der Waals surface area contributed by atoms with Crippen molar-refractivity contribution in [2.24, 2.45) is 0 Å². The van der Waals surface area contributed by atoms with Crippen LogP contribution in [0.5, 0.6) is 0 Å². The molecule has 0 radical (unpaired) electrons. The predicted octanol–water partition coefficient (Wildman–Crippen LogP) is 4.45. The number of carbonyl (C=O) groups is 1. The Balaban J connectivity index is 1.91. The van der Waals surface area contributed by atoms with Gasteiger partial charge in [-0.15, -0.1) is 0 Å². The Kier molecular flexibility index (Phi) is 3.67. The number of nitrogens with zero attached hydrogens (tertiary/aromatic N) is 1. The number of carbonyl (C=O) groups excluding carboxylic acids is 1. The van der Waals surface area contributed by atoms with E-state index in [1.807, 2.05) is 30.3 Å². The van der Waals surface area contributed by atoms with E-state index in [0.29, 0.717) is 5.69 Å². The highest BCUT2D eigenvalue weighted by Gasteiger charge is 2.13. The van der Waals surface area contributed by atoms with Gasteiger partial charge in [0.2, 0.25) is 0 Å². The first-order valence-corrected chi connectivity index (χ1v) is 6.85. The summed E-state index contributed by atoms with van der Waals surface area (Å²) in [6.45, 7) is 0. The second kappa shape index (κ2) is 5.62. The molecule has 0 spiro atoms. The van der Waals surface area contributed by atoms with Gasteiger partial charge in [0.25, 0.3) is 0 Å². The van der Waals surface area contributed by atoms with Crippen molar-refractivity contribution < 1.29 is 9.18 Å². The predicted molar refractivity (Wildman–Crippen MR) is 81.2 cm³/mol. The first-order valence-electron chi connectivity index (χ1n) is 6.47. The molecule has 0 saturated carbocycles.